The van der Waals surface area contributed by atoms with Gasteiger partial charge in [0.25, 0.3) is 0 Å². The standard InChI is InChI=1S/C17H28N2O3/c1-14(2)13-22-16-7-5-15(6-8-16)19(10-9-17(20)21)12-11-18(3)4/h5-8,14H,9-13H2,1-4H3,(H,20,21). The number of carbonyl (C=O) groups is 1. The second kappa shape index (κ2) is 9.30. The highest BCUT2D eigenvalue weighted by molar-refractivity contribution is 5.67. The van der Waals surface area contributed by atoms with E-state index in [1.54, 1.807) is 0 Å². The Hall–Kier alpha value is -1.75. The van der Waals surface area contributed by atoms with E-state index < -0.39 is 5.97 Å². The highest BCUT2D eigenvalue weighted by Crippen LogP contribution is 2.20. The monoisotopic (exact) mass is 308 g/mol. The Morgan fingerprint density at radius 1 is 1.14 bits per heavy atom. The van der Waals surface area contributed by atoms with E-state index >= 15 is 0 Å². The number of hydrogen-bond donors (Lipinski definition) is 1. The normalized spacial score (nSPS) is 11.0. The average molecular weight is 308 g/mol. The second-order valence-electron chi connectivity index (χ2n) is 6.13. The van der Waals surface area contributed by atoms with Crippen molar-refractivity contribution >= 4 is 11.7 Å². The first-order valence-corrected chi connectivity index (χ1v) is 7.73. The van der Waals surface area contributed by atoms with Crippen molar-refractivity contribution in [1.29, 1.82) is 0 Å². The zero-order valence-corrected chi connectivity index (χ0v) is 14.1. The molecule has 124 valence electrons. The van der Waals surface area contributed by atoms with Crippen LogP contribution in [0.5, 0.6) is 5.75 Å². The molecule has 0 saturated heterocycles. The molecular weight excluding hydrogens is 280 g/mol. The van der Waals surface area contributed by atoms with Gasteiger partial charge in [-0.3, -0.25) is 4.79 Å². The van der Waals surface area contributed by atoms with Crippen LogP contribution in [0.1, 0.15) is 20.3 Å². The van der Waals surface area contributed by atoms with Crippen LogP contribution in [0.2, 0.25) is 0 Å². The van der Waals surface area contributed by atoms with Crippen LogP contribution in [-0.4, -0.2) is 56.3 Å². The van der Waals surface area contributed by atoms with E-state index in [9.17, 15) is 4.79 Å². The van der Waals surface area contributed by atoms with E-state index in [1.165, 1.54) is 0 Å². The number of anilines is 1. The van der Waals surface area contributed by atoms with Gasteiger partial charge in [-0.2, -0.15) is 0 Å². The maximum Gasteiger partial charge on any atom is 0.305 e. The highest BCUT2D eigenvalue weighted by atomic mass is 16.5. The Bertz CT molecular complexity index is 444. The molecule has 0 aliphatic rings. The fourth-order valence-corrected chi connectivity index (χ4v) is 1.94. The molecule has 0 radical (unpaired) electrons. The molecule has 0 aromatic heterocycles. The van der Waals surface area contributed by atoms with Crippen molar-refractivity contribution in [3.05, 3.63) is 24.3 Å². The molecule has 0 aliphatic carbocycles. The fraction of sp³-hybridized carbons (Fsp3) is 0.588. The summed E-state index contributed by atoms with van der Waals surface area (Å²) >= 11 is 0. The van der Waals surface area contributed by atoms with Gasteiger partial charge in [-0.15, -0.1) is 0 Å². The summed E-state index contributed by atoms with van der Waals surface area (Å²) in [4.78, 5) is 15.0. The summed E-state index contributed by atoms with van der Waals surface area (Å²) in [7, 11) is 4.02. The Morgan fingerprint density at radius 2 is 1.77 bits per heavy atom. The molecule has 1 N–H and O–H groups in total. The van der Waals surface area contributed by atoms with Crippen LogP contribution in [0.4, 0.5) is 5.69 Å². The zero-order chi connectivity index (χ0) is 16.5. The smallest absolute Gasteiger partial charge is 0.305 e. The summed E-state index contributed by atoms with van der Waals surface area (Å²) < 4.78 is 5.68. The van der Waals surface area contributed by atoms with Gasteiger partial charge in [-0.05, 0) is 44.3 Å². The van der Waals surface area contributed by atoms with E-state index in [0.29, 0.717) is 19.1 Å². The number of aliphatic carboxylic acids is 1. The minimum Gasteiger partial charge on any atom is -0.493 e. The highest BCUT2D eigenvalue weighted by Gasteiger charge is 2.09. The molecule has 0 saturated carbocycles. The Balaban J connectivity index is 2.68. The molecule has 5 heteroatoms. The second-order valence-corrected chi connectivity index (χ2v) is 6.13. The van der Waals surface area contributed by atoms with Crippen molar-refractivity contribution in [2.45, 2.75) is 20.3 Å². The molecule has 0 fully saturated rings. The van der Waals surface area contributed by atoms with E-state index in [1.807, 2.05) is 38.4 Å². The van der Waals surface area contributed by atoms with Crippen molar-refractivity contribution in [2.24, 2.45) is 5.92 Å². The molecule has 0 unspecified atom stereocenters. The van der Waals surface area contributed by atoms with Crippen LogP contribution >= 0.6 is 0 Å². The fourth-order valence-electron chi connectivity index (χ4n) is 1.94. The molecule has 0 spiro atoms. The number of carboxylic acids is 1. The minimum absolute atomic E-state index is 0.138. The SMILES string of the molecule is CC(C)COc1ccc(N(CCC(=O)O)CCN(C)C)cc1. The lowest BCUT2D eigenvalue weighted by atomic mass is 10.2. The molecule has 5 nitrogen and oxygen atoms in total. The molecule has 0 atom stereocenters. The summed E-state index contributed by atoms with van der Waals surface area (Å²) in [6, 6.07) is 7.88. The third-order valence-corrected chi connectivity index (χ3v) is 3.20. The number of rotatable bonds is 10. The van der Waals surface area contributed by atoms with Crippen LogP contribution in [0.3, 0.4) is 0 Å². The van der Waals surface area contributed by atoms with Gasteiger partial charge in [-0.25, -0.2) is 0 Å². The van der Waals surface area contributed by atoms with Crippen molar-refractivity contribution < 1.29 is 14.6 Å². The van der Waals surface area contributed by atoms with E-state index in [0.717, 1.165) is 24.5 Å². The van der Waals surface area contributed by atoms with Gasteiger partial charge in [0.2, 0.25) is 0 Å². The molecule has 22 heavy (non-hydrogen) atoms. The Labute approximate surface area is 133 Å². The molecule has 1 aromatic carbocycles. The molecule has 1 rings (SSSR count). The Morgan fingerprint density at radius 3 is 2.27 bits per heavy atom. The van der Waals surface area contributed by atoms with E-state index in [4.69, 9.17) is 9.84 Å². The number of benzene rings is 1. The van der Waals surface area contributed by atoms with Crippen molar-refractivity contribution in [2.75, 3.05) is 45.2 Å². The van der Waals surface area contributed by atoms with Crippen molar-refractivity contribution in [1.82, 2.24) is 4.90 Å². The summed E-state index contributed by atoms with van der Waals surface area (Å²) in [5.41, 5.74) is 1.03. The number of likely N-dealkylation sites (N-methyl/N-ethyl adjacent to an activating group) is 1. The predicted octanol–water partition coefficient (Wildman–Crippen LogP) is 2.56. The number of carboxylic acid groups (broad SMARTS) is 1. The first kappa shape index (κ1) is 18.3. The molecule has 0 amide bonds. The lowest BCUT2D eigenvalue weighted by Crippen LogP contribution is -2.33. The van der Waals surface area contributed by atoms with Gasteiger partial charge in [0.05, 0.1) is 13.0 Å². The van der Waals surface area contributed by atoms with Gasteiger partial charge >= 0.3 is 5.97 Å². The first-order valence-electron chi connectivity index (χ1n) is 7.73. The first-order chi connectivity index (χ1) is 10.4. The average Bonchev–Trinajstić information content (AvgIpc) is 2.45. The number of nitrogens with zero attached hydrogens (tertiary/aromatic N) is 2. The van der Waals surface area contributed by atoms with Crippen LogP contribution in [0, 0.1) is 5.92 Å². The third-order valence-electron chi connectivity index (χ3n) is 3.20. The maximum atomic E-state index is 10.8. The topological polar surface area (TPSA) is 53.0 Å². The van der Waals surface area contributed by atoms with Gasteiger partial charge < -0.3 is 19.6 Å². The number of hydrogen-bond acceptors (Lipinski definition) is 4. The Kier molecular flexibility index (Phi) is 7.74. The molecule has 1 aromatic rings. The van der Waals surface area contributed by atoms with Crippen LogP contribution < -0.4 is 9.64 Å². The zero-order valence-electron chi connectivity index (χ0n) is 14.1. The van der Waals surface area contributed by atoms with Gasteiger partial charge in [0.15, 0.2) is 0 Å². The lowest BCUT2D eigenvalue weighted by molar-refractivity contribution is -0.136. The van der Waals surface area contributed by atoms with E-state index in [2.05, 4.69) is 23.6 Å². The maximum absolute atomic E-state index is 10.8. The summed E-state index contributed by atoms with van der Waals surface area (Å²) in [5, 5.41) is 8.90. The van der Waals surface area contributed by atoms with Gasteiger partial charge in [0, 0.05) is 25.3 Å². The largest absolute Gasteiger partial charge is 0.493 e. The van der Waals surface area contributed by atoms with Crippen LogP contribution in [-0.2, 0) is 4.79 Å². The summed E-state index contributed by atoms with van der Waals surface area (Å²) in [6.07, 6.45) is 0.138. The minimum atomic E-state index is -0.772. The van der Waals surface area contributed by atoms with Gasteiger partial charge in [0.1, 0.15) is 5.75 Å². The van der Waals surface area contributed by atoms with Crippen LogP contribution in [0.25, 0.3) is 0 Å². The molecular formula is C17H28N2O3. The van der Waals surface area contributed by atoms with Crippen molar-refractivity contribution in [3.8, 4) is 5.75 Å². The third kappa shape index (κ3) is 7.31. The molecule has 0 heterocycles. The molecule has 0 bridgehead atoms. The predicted molar refractivity (Wildman–Crippen MR) is 89.8 cm³/mol. The van der Waals surface area contributed by atoms with E-state index in [-0.39, 0.29) is 6.42 Å². The molecule has 0 aliphatic heterocycles. The van der Waals surface area contributed by atoms with Crippen LogP contribution in [0.15, 0.2) is 24.3 Å². The summed E-state index contributed by atoms with van der Waals surface area (Å²) in [5.74, 6) is 0.571. The number of ether oxygens (including phenoxy) is 1. The summed E-state index contributed by atoms with van der Waals surface area (Å²) in [6.45, 7) is 7.11. The van der Waals surface area contributed by atoms with Gasteiger partial charge in [-0.1, -0.05) is 13.8 Å². The quantitative estimate of drug-likeness (QED) is 0.720. The van der Waals surface area contributed by atoms with Crippen molar-refractivity contribution in [3.63, 3.8) is 0 Å². The lowest BCUT2D eigenvalue weighted by Gasteiger charge is -2.26.